The van der Waals surface area contributed by atoms with Gasteiger partial charge >= 0.3 is 0 Å². The molecule has 0 radical (unpaired) electrons. The fourth-order valence-corrected chi connectivity index (χ4v) is 2.37. The van der Waals surface area contributed by atoms with Crippen molar-refractivity contribution in [3.8, 4) is 11.5 Å². The maximum Gasteiger partial charge on any atom is 0.246 e. The molecule has 0 saturated heterocycles. The van der Waals surface area contributed by atoms with E-state index in [0.717, 1.165) is 17.1 Å². The lowest BCUT2D eigenvalue weighted by atomic mass is 9.96. The van der Waals surface area contributed by atoms with Gasteiger partial charge < -0.3 is 19.3 Å². The van der Waals surface area contributed by atoms with Crippen molar-refractivity contribution in [2.75, 3.05) is 13.7 Å². The van der Waals surface area contributed by atoms with Crippen LogP contribution in [0.1, 0.15) is 17.3 Å². The van der Waals surface area contributed by atoms with E-state index in [-0.39, 0.29) is 18.4 Å². The standard InChI is InChI=1S/C15H17N3O4/c1-9-17-14(22-18-9)7-16-15(19)11-5-10-3-4-12(20-2)6-13(10)21-8-11/h3-4,6,11H,5,7-8H2,1-2H3,(H,16,19)/t11-/m1/s1. The summed E-state index contributed by atoms with van der Waals surface area (Å²) in [7, 11) is 1.61. The predicted octanol–water partition coefficient (Wildman–Crippen LogP) is 1.25. The Morgan fingerprint density at radius 1 is 1.50 bits per heavy atom. The quantitative estimate of drug-likeness (QED) is 0.915. The number of nitrogens with one attached hydrogen (secondary N) is 1. The Labute approximate surface area is 127 Å². The van der Waals surface area contributed by atoms with E-state index in [0.29, 0.717) is 24.7 Å². The molecule has 0 aliphatic carbocycles. The van der Waals surface area contributed by atoms with Gasteiger partial charge in [-0.05, 0) is 25.0 Å². The Balaban J connectivity index is 1.60. The molecular formula is C15H17N3O4. The summed E-state index contributed by atoms with van der Waals surface area (Å²) in [6.45, 7) is 2.30. The summed E-state index contributed by atoms with van der Waals surface area (Å²) < 4.78 is 15.8. The molecule has 3 rings (SSSR count). The van der Waals surface area contributed by atoms with Crippen LogP contribution >= 0.6 is 0 Å². The Morgan fingerprint density at radius 2 is 2.36 bits per heavy atom. The lowest BCUT2D eigenvalue weighted by Gasteiger charge is -2.24. The monoisotopic (exact) mass is 303 g/mol. The molecule has 7 heteroatoms. The van der Waals surface area contributed by atoms with Gasteiger partial charge in [-0.15, -0.1) is 0 Å². The summed E-state index contributed by atoms with van der Waals surface area (Å²) in [6, 6.07) is 5.63. The summed E-state index contributed by atoms with van der Waals surface area (Å²) in [5, 5.41) is 6.47. The number of fused-ring (bicyclic) bond motifs is 1. The number of carbonyl (C=O) groups excluding carboxylic acids is 1. The van der Waals surface area contributed by atoms with Gasteiger partial charge in [0.05, 0.1) is 19.6 Å². The highest BCUT2D eigenvalue weighted by molar-refractivity contribution is 5.79. The number of hydrogen-bond donors (Lipinski definition) is 1. The second-order valence-electron chi connectivity index (χ2n) is 5.14. The molecule has 0 unspecified atom stereocenters. The van der Waals surface area contributed by atoms with E-state index in [1.54, 1.807) is 14.0 Å². The maximum atomic E-state index is 12.2. The van der Waals surface area contributed by atoms with Crippen LogP contribution in [0.4, 0.5) is 0 Å². The van der Waals surface area contributed by atoms with E-state index >= 15 is 0 Å². The zero-order valence-electron chi connectivity index (χ0n) is 12.5. The van der Waals surface area contributed by atoms with Crippen LogP contribution < -0.4 is 14.8 Å². The molecule has 1 N–H and O–H groups in total. The van der Waals surface area contributed by atoms with Crippen LogP contribution in [0.2, 0.25) is 0 Å². The zero-order chi connectivity index (χ0) is 15.5. The van der Waals surface area contributed by atoms with Crippen molar-refractivity contribution in [3.05, 3.63) is 35.5 Å². The molecule has 0 spiro atoms. The van der Waals surface area contributed by atoms with E-state index in [4.69, 9.17) is 14.0 Å². The Hall–Kier alpha value is -2.57. The molecule has 116 valence electrons. The molecule has 1 aromatic carbocycles. The molecule has 1 atom stereocenters. The van der Waals surface area contributed by atoms with Crippen LogP contribution in [0.3, 0.4) is 0 Å². The van der Waals surface area contributed by atoms with Crippen LogP contribution in [-0.2, 0) is 17.8 Å². The first-order valence-corrected chi connectivity index (χ1v) is 7.02. The molecule has 22 heavy (non-hydrogen) atoms. The molecule has 0 bridgehead atoms. The lowest BCUT2D eigenvalue weighted by Crippen LogP contribution is -2.37. The molecule has 0 saturated carbocycles. The van der Waals surface area contributed by atoms with Crippen molar-refractivity contribution in [2.24, 2.45) is 5.92 Å². The normalized spacial score (nSPS) is 16.5. The number of aromatic nitrogens is 2. The summed E-state index contributed by atoms with van der Waals surface area (Å²) in [4.78, 5) is 16.3. The van der Waals surface area contributed by atoms with Gasteiger partial charge in [0, 0.05) is 6.07 Å². The molecule has 2 aromatic rings. The number of nitrogens with zero attached hydrogens (tertiary/aromatic N) is 2. The summed E-state index contributed by atoms with van der Waals surface area (Å²) in [5.41, 5.74) is 1.00. The number of carbonyl (C=O) groups is 1. The number of aryl methyl sites for hydroxylation is 1. The van der Waals surface area contributed by atoms with E-state index in [2.05, 4.69) is 15.5 Å². The first-order chi connectivity index (χ1) is 10.7. The topological polar surface area (TPSA) is 86.5 Å². The first kappa shape index (κ1) is 14.4. The van der Waals surface area contributed by atoms with Gasteiger partial charge in [-0.25, -0.2) is 0 Å². The van der Waals surface area contributed by atoms with E-state index in [9.17, 15) is 4.79 Å². The molecule has 1 aromatic heterocycles. The van der Waals surface area contributed by atoms with Crippen LogP contribution in [0.25, 0.3) is 0 Å². The van der Waals surface area contributed by atoms with Crippen LogP contribution in [0.5, 0.6) is 11.5 Å². The minimum Gasteiger partial charge on any atom is -0.497 e. The number of methoxy groups -OCH3 is 1. The average Bonchev–Trinajstić information content (AvgIpc) is 2.97. The highest BCUT2D eigenvalue weighted by atomic mass is 16.5. The SMILES string of the molecule is COc1ccc2c(c1)OC[C@H](C(=O)NCc1nc(C)no1)C2. The Bertz CT molecular complexity index is 683. The number of hydrogen-bond acceptors (Lipinski definition) is 6. The fraction of sp³-hybridized carbons (Fsp3) is 0.400. The smallest absolute Gasteiger partial charge is 0.246 e. The van der Waals surface area contributed by atoms with Crippen molar-refractivity contribution in [2.45, 2.75) is 19.9 Å². The third-order valence-electron chi connectivity index (χ3n) is 3.53. The molecular weight excluding hydrogens is 286 g/mol. The van der Waals surface area contributed by atoms with Crippen molar-refractivity contribution in [1.29, 1.82) is 0 Å². The highest BCUT2D eigenvalue weighted by Gasteiger charge is 2.26. The number of rotatable bonds is 4. The van der Waals surface area contributed by atoms with Gasteiger partial charge in [0.25, 0.3) is 0 Å². The number of amides is 1. The second-order valence-corrected chi connectivity index (χ2v) is 5.14. The summed E-state index contributed by atoms with van der Waals surface area (Å²) in [5.74, 6) is 2.15. The minimum atomic E-state index is -0.232. The summed E-state index contributed by atoms with van der Waals surface area (Å²) >= 11 is 0. The summed E-state index contributed by atoms with van der Waals surface area (Å²) in [6.07, 6.45) is 0.633. The Morgan fingerprint density at radius 3 is 3.09 bits per heavy atom. The van der Waals surface area contributed by atoms with Crippen molar-refractivity contribution < 1.29 is 18.8 Å². The lowest BCUT2D eigenvalue weighted by molar-refractivity contribution is -0.126. The van der Waals surface area contributed by atoms with Crippen molar-refractivity contribution >= 4 is 5.91 Å². The molecule has 2 heterocycles. The maximum absolute atomic E-state index is 12.2. The average molecular weight is 303 g/mol. The third-order valence-corrected chi connectivity index (χ3v) is 3.53. The van der Waals surface area contributed by atoms with Gasteiger partial charge in [-0.1, -0.05) is 11.2 Å². The van der Waals surface area contributed by atoms with Crippen LogP contribution in [0.15, 0.2) is 22.7 Å². The zero-order valence-corrected chi connectivity index (χ0v) is 12.5. The third kappa shape index (κ3) is 3.03. The largest absolute Gasteiger partial charge is 0.497 e. The van der Waals surface area contributed by atoms with Gasteiger partial charge in [-0.2, -0.15) is 4.98 Å². The fourth-order valence-electron chi connectivity index (χ4n) is 2.37. The van der Waals surface area contributed by atoms with E-state index in [1.165, 1.54) is 0 Å². The van der Waals surface area contributed by atoms with Crippen molar-refractivity contribution in [3.63, 3.8) is 0 Å². The van der Waals surface area contributed by atoms with Crippen molar-refractivity contribution in [1.82, 2.24) is 15.5 Å². The van der Waals surface area contributed by atoms with Crippen LogP contribution in [0, 0.1) is 12.8 Å². The molecule has 1 aliphatic heterocycles. The Kier molecular flexibility index (Phi) is 3.95. The minimum absolute atomic E-state index is 0.0858. The van der Waals surface area contributed by atoms with Gasteiger partial charge in [0.15, 0.2) is 5.82 Å². The van der Waals surface area contributed by atoms with Gasteiger partial charge in [-0.3, -0.25) is 4.79 Å². The molecule has 1 amide bonds. The number of benzene rings is 1. The van der Waals surface area contributed by atoms with Crippen LogP contribution in [-0.4, -0.2) is 29.8 Å². The second kappa shape index (κ2) is 6.05. The molecule has 0 fully saturated rings. The highest BCUT2D eigenvalue weighted by Crippen LogP contribution is 2.31. The first-order valence-electron chi connectivity index (χ1n) is 7.02. The van der Waals surface area contributed by atoms with Gasteiger partial charge in [0.2, 0.25) is 11.8 Å². The number of ether oxygens (including phenoxy) is 2. The van der Waals surface area contributed by atoms with E-state index < -0.39 is 0 Å². The van der Waals surface area contributed by atoms with E-state index in [1.807, 2.05) is 18.2 Å². The predicted molar refractivity (Wildman–Crippen MR) is 76.6 cm³/mol. The van der Waals surface area contributed by atoms with Gasteiger partial charge in [0.1, 0.15) is 18.1 Å². The molecule has 1 aliphatic rings. The molecule has 7 nitrogen and oxygen atoms in total.